The molecule has 0 aliphatic carbocycles. The molecule has 0 aliphatic rings. The van der Waals surface area contributed by atoms with Gasteiger partial charge in [-0.05, 0) is 64.8 Å². The first-order valence-corrected chi connectivity index (χ1v) is 12.0. The Morgan fingerprint density at radius 3 is 2.50 bits per heavy atom. The molecule has 4 rings (SSSR count). The standard InChI is InChI=1S/C28H29ClN4O3/c1-16-8-7-9-20(12-16)15-36-25-18(3)26(34)33(19(4)31-25)23-13-21(10-11-22(23)29)24-17(2)14-30-27(32-24)28(5,6)35/h7-14,35H,15H2,1-6H3. The second-order valence-electron chi connectivity index (χ2n) is 9.46. The average molecular weight is 505 g/mol. The number of aliphatic hydroxyl groups is 1. The molecular formula is C28H29ClN4O3. The number of halogens is 1. The maximum Gasteiger partial charge on any atom is 0.264 e. The lowest BCUT2D eigenvalue weighted by Gasteiger charge is -2.18. The van der Waals surface area contributed by atoms with Crippen LogP contribution in [0.3, 0.4) is 0 Å². The van der Waals surface area contributed by atoms with E-state index in [9.17, 15) is 9.90 Å². The van der Waals surface area contributed by atoms with E-state index in [0.717, 1.165) is 22.3 Å². The van der Waals surface area contributed by atoms with Gasteiger partial charge >= 0.3 is 0 Å². The lowest BCUT2D eigenvalue weighted by Crippen LogP contribution is -2.25. The number of ether oxygens (including phenoxy) is 1. The molecule has 7 nitrogen and oxygen atoms in total. The van der Waals surface area contributed by atoms with E-state index in [-0.39, 0.29) is 5.56 Å². The largest absolute Gasteiger partial charge is 0.472 e. The van der Waals surface area contributed by atoms with Crippen molar-refractivity contribution in [1.29, 1.82) is 0 Å². The molecular weight excluding hydrogens is 476 g/mol. The Labute approximate surface area is 215 Å². The fraction of sp³-hybridized carbons (Fsp3) is 0.286. The van der Waals surface area contributed by atoms with Crippen LogP contribution in [-0.2, 0) is 12.2 Å². The molecule has 4 aromatic rings. The Balaban J connectivity index is 1.75. The van der Waals surface area contributed by atoms with Gasteiger partial charge in [0.1, 0.15) is 18.0 Å². The van der Waals surface area contributed by atoms with Gasteiger partial charge in [-0.2, -0.15) is 4.98 Å². The lowest BCUT2D eigenvalue weighted by atomic mass is 10.0. The molecule has 2 aromatic carbocycles. The monoisotopic (exact) mass is 504 g/mol. The SMILES string of the molecule is Cc1cccc(COc2nc(C)n(-c3cc(-c4nc(C(C)(C)O)ncc4C)ccc3Cl)c(=O)c2C)c1. The molecule has 0 radical (unpaired) electrons. The summed E-state index contributed by atoms with van der Waals surface area (Å²) < 4.78 is 7.40. The topological polar surface area (TPSA) is 90.1 Å². The zero-order valence-corrected chi connectivity index (χ0v) is 22.0. The maximum absolute atomic E-state index is 13.5. The van der Waals surface area contributed by atoms with E-state index >= 15 is 0 Å². The van der Waals surface area contributed by atoms with Crippen molar-refractivity contribution in [2.75, 3.05) is 0 Å². The number of benzene rings is 2. The first-order valence-electron chi connectivity index (χ1n) is 11.6. The van der Waals surface area contributed by atoms with E-state index in [4.69, 9.17) is 16.3 Å². The van der Waals surface area contributed by atoms with Gasteiger partial charge in [-0.1, -0.05) is 47.5 Å². The number of aromatic nitrogens is 4. The van der Waals surface area contributed by atoms with Crippen LogP contribution in [0, 0.1) is 27.7 Å². The predicted molar refractivity (Wildman–Crippen MR) is 141 cm³/mol. The van der Waals surface area contributed by atoms with Gasteiger partial charge in [0, 0.05) is 11.8 Å². The van der Waals surface area contributed by atoms with Crippen LogP contribution < -0.4 is 10.3 Å². The summed E-state index contributed by atoms with van der Waals surface area (Å²) in [5.74, 6) is 1.05. The third kappa shape index (κ3) is 5.17. The molecule has 0 bridgehead atoms. The molecule has 1 N–H and O–H groups in total. The van der Waals surface area contributed by atoms with Crippen LogP contribution in [-0.4, -0.2) is 24.6 Å². The Bertz CT molecular complexity index is 1510. The summed E-state index contributed by atoms with van der Waals surface area (Å²) in [5, 5.41) is 10.8. The van der Waals surface area contributed by atoms with Crippen molar-refractivity contribution in [3.8, 4) is 22.8 Å². The molecule has 8 heteroatoms. The van der Waals surface area contributed by atoms with Crippen molar-refractivity contribution in [1.82, 2.24) is 19.5 Å². The zero-order valence-electron chi connectivity index (χ0n) is 21.3. The molecule has 0 atom stereocenters. The van der Waals surface area contributed by atoms with Crippen molar-refractivity contribution in [2.24, 2.45) is 0 Å². The normalized spacial score (nSPS) is 11.6. The van der Waals surface area contributed by atoms with Gasteiger partial charge < -0.3 is 9.84 Å². The van der Waals surface area contributed by atoms with Crippen molar-refractivity contribution in [2.45, 2.75) is 53.8 Å². The van der Waals surface area contributed by atoms with E-state index in [1.54, 1.807) is 46.0 Å². The summed E-state index contributed by atoms with van der Waals surface area (Å²) in [6, 6.07) is 13.3. The van der Waals surface area contributed by atoms with E-state index in [1.807, 2.05) is 44.2 Å². The summed E-state index contributed by atoms with van der Waals surface area (Å²) >= 11 is 6.56. The molecule has 2 heterocycles. The second-order valence-corrected chi connectivity index (χ2v) is 9.87. The molecule has 186 valence electrons. The molecule has 0 saturated heterocycles. The first kappa shape index (κ1) is 25.5. The minimum absolute atomic E-state index is 0.266. The molecule has 36 heavy (non-hydrogen) atoms. The van der Waals surface area contributed by atoms with Crippen LogP contribution in [0.1, 0.15) is 47.8 Å². The van der Waals surface area contributed by atoms with Gasteiger partial charge in [0.25, 0.3) is 5.56 Å². The fourth-order valence-corrected chi connectivity index (χ4v) is 4.13. The van der Waals surface area contributed by atoms with Gasteiger partial charge in [-0.3, -0.25) is 9.36 Å². The molecule has 0 aliphatic heterocycles. The summed E-state index contributed by atoms with van der Waals surface area (Å²) in [5.41, 5.74) is 3.76. The van der Waals surface area contributed by atoms with Gasteiger partial charge in [-0.15, -0.1) is 0 Å². The van der Waals surface area contributed by atoms with Crippen LogP contribution in [0.5, 0.6) is 5.88 Å². The number of nitrogens with zero attached hydrogens (tertiary/aromatic N) is 4. The highest BCUT2D eigenvalue weighted by molar-refractivity contribution is 6.32. The van der Waals surface area contributed by atoms with Crippen LogP contribution >= 0.6 is 11.6 Å². The number of aryl methyl sites for hydroxylation is 3. The van der Waals surface area contributed by atoms with Gasteiger partial charge in [-0.25, -0.2) is 9.97 Å². The quantitative estimate of drug-likeness (QED) is 0.379. The highest BCUT2D eigenvalue weighted by Gasteiger charge is 2.22. The molecule has 0 fully saturated rings. The van der Waals surface area contributed by atoms with Crippen molar-refractivity contribution in [3.63, 3.8) is 0 Å². The van der Waals surface area contributed by atoms with Crippen molar-refractivity contribution < 1.29 is 9.84 Å². The van der Waals surface area contributed by atoms with E-state index in [2.05, 4.69) is 15.0 Å². The summed E-state index contributed by atoms with van der Waals surface area (Å²) in [6.07, 6.45) is 1.67. The second kappa shape index (κ2) is 9.84. The highest BCUT2D eigenvalue weighted by Crippen LogP contribution is 2.30. The average Bonchev–Trinajstić information content (AvgIpc) is 2.81. The lowest BCUT2D eigenvalue weighted by molar-refractivity contribution is 0.0688. The van der Waals surface area contributed by atoms with E-state index < -0.39 is 5.60 Å². The van der Waals surface area contributed by atoms with Gasteiger partial charge in [0.05, 0.1) is 22.0 Å². The Kier molecular flexibility index (Phi) is 6.98. The predicted octanol–water partition coefficient (Wildman–Crippen LogP) is 5.38. The third-order valence-corrected chi connectivity index (χ3v) is 6.19. The highest BCUT2D eigenvalue weighted by atomic mass is 35.5. The summed E-state index contributed by atoms with van der Waals surface area (Å²) in [6.45, 7) is 10.9. The minimum atomic E-state index is -1.19. The van der Waals surface area contributed by atoms with Gasteiger partial charge in [0.15, 0.2) is 5.82 Å². The Hall–Kier alpha value is -3.55. The Morgan fingerprint density at radius 1 is 1.06 bits per heavy atom. The molecule has 0 spiro atoms. The number of hydrogen-bond donors (Lipinski definition) is 1. The Morgan fingerprint density at radius 2 is 1.81 bits per heavy atom. The minimum Gasteiger partial charge on any atom is -0.472 e. The van der Waals surface area contributed by atoms with Crippen LogP contribution in [0.25, 0.3) is 16.9 Å². The zero-order chi connectivity index (χ0) is 26.2. The summed E-state index contributed by atoms with van der Waals surface area (Å²) in [4.78, 5) is 26.9. The first-order chi connectivity index (χ1) is 17.0. The molecule has 0 unspecified atom stereocenters. The van der Waals surface area contributed by atoms with E-state index in [0.29, 0.717) is 46.1 Å². The van der Waals surface area contributed by atoms with Crippen molar-refractivity contribution >= 4 is 11.6 Å². The van der Waals surface area contributed by atoms with Crippen LogP contribution in [0.15, 0.2) is 53.5 Å². The molecule has 0 amide bonds. The smallest absolute Gasteiger partial charge is 0.264 e. The third-order valence-electron chi connectivity index (χ3n) is 5.87. The number of rotatable bonds is 6. The summed E-state index contributed by atoms with van der Waals surface area (Å²) in [7, 11) is 0. The maximum atomic E-state index is 13.5. The fourth-order valence-electron chi connectivity index (χ4n) is 3.93. The molecule has 0 saturated carbocycles. The van der Waals surface area contributed by atoms with Crippen LogP contribution in [0.4, 0.5) is 0 Å². The van der Waals surface area contributed by atoms with E-state index in [1.165, 1.54) is 4.57 Å². The van der Waals surface area contributed by atoms with Crippen LogP contribution in [0.2, 0.25) is 5.02 Å². The van der Waals surface area contributed by atoms with Gasteiger partial charge in [0.2, 0.25) is 5.88 Å². The molecule has 2 aromatic heterocycles. The number of hydrogen-bond acceptors (Lipinski definition) is 6. The van der Waals surface area contributed by atoms with Crippen molar-refractivity contribution in [3.05, 3.63) is 97.9 Å².